The number of benzene rings is 1. The summed E-state index contributed by atoms with van der Waals surface area (Å²) in [6.07, 6.45) is 0. The van der Waals surface area contributed by atoms with Crippen molar-refractivity contribution in [3.05, 3.63) is 35.4 Å². The maximum absolute atomic E-state index is 3.53. The molecule has 1 aromatic rings. The Morgan fingerprint density at radius 2 is 1.84 bits per heavy atom. The predicted octanol–water partition coefficient (Wildman–Crippen LogP) is 3.45. The molecule has 0 saturated carbocycles. The van der Waals surface area contributed by atoms with Crippen LogP contribution in [0.1, 0.15) is 38.8 Å². The molecule has 0 aliphatic heterocycles. The van der Waals surface area contributed by atoms with Crippen molar-refractivity contribution in [2.75, 3.05) is 13.6 Å². The summed E-state index contributed by atoms with van der Waals surface area (Å²) in [4.78, 5) is 2.45. The van der Waals surface area contributed by atoms with Gasteiger partial charge in [-0.15, -0.1) is 0 Å². The van der Waals surface area contributed by atoms with Crippen molar-refractivity contribution in [3.8, 4) is 0 Å². The van der Waals surface area contributed by atoms with E-state index in [1.54, 1.807) is 0 Å². The summed E-state index contributed by atoms with van der Waals surface area (Å²) >= 11 is 0. The molecule has 0 aliphatic carbocycles. The zero-order valence-electron chi connectivity index (χ0n) is 13.4. The summed E-state index contributed by atoms with van der Waals surface area (Å²) in [5.74, 6) is 0.650. The molecule has 0 fully saturated rings. The van der Waals surface area contributed by atoms with E-state index < -0.39 is 0 Å². The van der Waals surface area contributed by atoms with Crippen LogP contribution in [-0.4, -0.2) is 30.6 Å². The Hall–Kier alpha value is -0.860. The molecule has 1 N–H and O–H groups in total. The first-order valence-corrected chi connectivity index (χ1v) is 7.39. The van der Waals surface area contributed by atoms with Gasteiger partial charge in [0.25, 0.3) is 0 Å². The van der Waals surface area contributed by atoms with Crippen LogP contribution in [0.15, 0.2) is 24.3 Å². The van der Waals surface area contributed by atoms with E-state index in [9.17, 15) is 0 Å². The van der Waals surface area contributed by atoms with Crippen molar-refractivity contribution in [2.24, 2.45) is 5.92 Å². The third kappa shape index (κ3) is 5.75. The summed E-state index contributed by atoms with van der Waals surface area (Å²) in [5.41, 5.74) is 2.74. The van der Waals surface area contributed by atoms with Crippen LogP contribution in [-0.2, 0) is 6.54 Å². The van der Waals surface area contributed by atoms with Crippen LogP contribution >= 0.6 is 0 Å². The summed E-state index contributed by atoms with van der Waals surface area (Å²) in [6, 6.07) is 9.94. The molecule has 0 heterocycles. The van der Waals surface area contributed by atoms with Crippen LogP contribution in [0.3, 0.4) is 0 Å². The molecule has 1 rings (SSSR count). The molecule has 0 saturated heterocycles. The highest BCUT2D eigenvalue weighted by atomic mass is 15.1. The Morgan fingerprint density at radius 3 is 2.42 bits per heavy atom. The highest BCUT2D eigenvalue weighted by Crippen LogP contribution is 2.13. The van der Waals surface area contributed by atoms with Gasteiger partial charge in [0.15, 0.2) is 0 Å². The topological polar surface area (TPSA) is 15.3 Å². The summed E-state index contributed by atoms with van der Waals surface area (Å²) in [7, 11) is 2.22. The number of hydrogen-bond acceptors (Lipinski definition) is 2. The normalized spacial score (nSPS) is 14.9. The summed E-state index contributed by atoms with van der Waals surface area (Å²) < 4.78 is 0. The Bertz CT molecular complexity index is 373. The van der Waals surface area contributed by atoms with Crippen molar-refractivity contribution >= 4 is 0 Å². The predicted molar refractivity (Wildman–Crippen MR) is 84.4 cm³/mol. The average Bonchev–Trinajstić information content (AvgIpc) is 2.34. The maximum Gasteiger partial charge on any atom is 0.0233 e. The van der Waals surface area contributed by atoms with Crippen molar-refractivity contribution in [1.29, 1.82) is 0 Å². The van der Waals surface area contributed by atoms with Crippen LogP contribution in [0.5, 0.6) is 0 Å². The van der Waals surface area contributed by atoms with Crippen molar-refractivity contribution in [1.82, 2.24) is 10.2 Å². The lowest BCUT2D eigenvalue weighted by molar-refractivity contribution is 0.187. The molecule has 0 aromatic heterocycles. The molecular formula is C17H30N2. The first-order valence-electron chi connectivity index (χ1n) is 7.39. The SMILES string of the molecule is Cc1cccc(CN(C)C(C)C(C)CNC(C)C)c1. The molecule has 108 valence electrons. The standard InChI is InChI=1S/C17H30N2/c1-13(2)18-11-15(4)16(5)19(6)12-17-9-7-8-14(3)10-17/h7-10,13,15-16,18H,11-12H2,1-6H3. The maximum atomic E-state index is 3.53. The van der Waals surface area contributed by atoms with E-state index in [0.29, 0.717) is 18.0 Å². The van der Waals surface area contributed by atoms with Gasteiger partial charge < -0.3 is 5.32 Å². The number of rotatable bonds is 7. The van der Waals surface area contributed by atoms with Gasteiger partial charge in [-0.25, -0.2) is 0 Å². The van der Waals surface area contributed by atoms with Crippen molar-refractivity contribution in [3.63, 3.8) is 0 Å². The van der Waals surface area contributed by atoms with Gasteiger partial charge in [-0.05, 0) is 38.9 Å². The van der Waals surface area contributed by atoms with Gasteiger partial charge in [0.05, 0.1) is 0 Å². The van der Waals surface area contributed by atoms with Crippen LogP contribution in [0.2, 0.25) is 0 Å². The Kier molecular flexibility index (Phi) is 6.53. The van der Waals surface area contributed by atoms with Gasteiger partial charge >= 0.3 is 0 Å². The molecule has 2 atom stereocenters. The molecule has 2 nitrogen and oxygen atoms in total. The first kappa shape index (κ1) is 16.2. The molecule has 2 heteroatoms. The molecule has 19 heavy (non-hydrogen) atoms. The lowest BCUT2D eigenvalue weighted by atomic mass is 10.0. The molecule has 0 aliphatic rings. The molecular weight excluding hydrogens is 232 g/mol. The van der Waals surface area contributed by atoms with Crippen LogP contribution in [0.4, 0.5) is 0 Å². The monoisotopic (exact) mass is 262 g/mol. The molecule has 0 bridgehead atoms. The first-order chi connectivity index (χ1) is 8.90. The number of aryl methyl sites for hydroxylation is 1. The van der Waals surface area contributed by atoms with Crippen molar-refractivity contribution < 1.29 is 0 Å². The van der Waals surface area contributed by atoms with Crippen LogP contribution in [0.25, 0.3) is 0 Å². The number of nitrogens with one attached hydrogen (secondary N) is 1. The van der Waals surface area contributed by atoms with Gasteiger partial charge in [-0.1, -0.05) is 50.6 Å². The zero-order valence-corrected chi connectivity index (χ0v) is 13.4. The quantitative estimate of drug-likeness (QED) is 0.809. The van der Waals surface area contributed by atoms with Gasteiger partial charge in [0.2, 0.25) is 0 Å². The second-order valence-electron chi connectivity index (χ2n) is 6.19. The zero-order chi connectivity index (χ0) is 14.4. The third-order valence-electron chi connectivity index (χ3n) is 3.88. The highest BCUT2D eigenvalue weighted by molar-refractivity contribution is 5.22. The Labute approximate surface area is 119 Å². The van der Waals surface area contributed by atoms with Gasteiger partial charge in [-0.2, -0.15) is 0 Å². The lowest BCUT2D eigenvalue weighted by Crippen LogP contribution is -2.40. The highest BCUT2D eigenvalue weighted by Gasteiger charge is 2.17. The van der Waals surface area contributed by atoms with E-state index in [2.05, 4.69) is 76.1 Å². The molecule has 0 amide bonds. The number of nitrogens with zero attached hydrogens (tertiary/aromatic N) is 1. The Balaban J connectivity index is 2.50. The van der Waals surface area contributed by atoms with E-state index in [0.717, 1.165) is 13.1 Å². The molecule has 0 spiro atoms. The smallest absolute Gasteiger partial charge is 0.0233 e. The molecule has 0 radical (unpaired) electrons. The van der Waals surface area contributed by atoms with Crippen LogP contribution in [0, 0.1) is 12.8 Å². The minimum Gasteiger partial charge on any atom is -0.314 e. The van der Waals surface area contributed by atoms with Gasteiger partial charge in [0, 0.05) is 18.6 Å². The second-order valence-corrected chi connectivity index (χ2v) is 6.19. The minimum atomic E-state index is 0.566. The fourth-order valence-corrected chi connectivity index (χ4v) is 2.27. The Morgan fingerprint density at radius 1 is 1.16 bits per heavy atom. The van der Waals surface area contributed by atoms with Crippen molar-refractivity contribution in [2.45, 2.75) is 53.2 Å². The average molecular weight is 262 g/mol. The van der Waals surface area contributed by atoms with E-state index in [-0.39, 0.29) is 0 Å². The fourth-order valence-electron chi connectivity index (χ4n) is 2.27. The lowest BCUT2D eigenvalue weighted by Gasteiger charge is -2.30. The van der Waals surface area contributed by atoms with Gasteiger partial charge in [-0.3, -0.25) is 4.90 Å². The number of hydrogen-bond donors (Lipinski definition) is 1. The van der Waals surface area contributed by atoms with E-state index in [4.69, 9.17) is 0 Å². The van der Waals surface area contributed by atoms with E-state index in [1.165, 1.54) is 11.1 Å². The van der Waals surface area contributed by atoms with Gasteiger partial charge in [0.1, 0.15) is 0 Å². The van der Waals surface area contributed by atoms with E-state index in [1.807, 2.05) is 0 Å². The second kappa shape index (κ2) is 7.66. The summed E-state index contributed by atoms with van der Waals surface area (Å²) in [5, 5.41) is 3.53. The summed E-state index contributed by atoms with van der Waals surface area (Å²) in [6.45, 7) is 13.3. The third-order valence-corrected chi connectivity index (χ3v) is 3.88. The largest absolute Gasteiger partial charge is 0.314 e. The van der Waals surface area contributed by atoms with E-state index >= 15 is 0 Å². The minimum absolute atomic E-state index is 0.566. The molecule has 2 unspecified atom stereocenters. The fraction of sp³-hybridized carbons (Fsp3) is 0.647. The molecule has 1 aromatic carbocycles. The van der Waals surface area contributed by atoms with Crippen LogP contribution < -0.4 is 5.32 Å².